The fourth-order valence-corrected chi connectivity index (χ4v) is 2.34. The van der Waals surface area contributed by atoms with Crippen LogP contribution in [0.5, 0.6) is 0 Å². The first-order chi connectivity index (χ1) is 13.1. The number of nitrogens with one attached hydrogen (secondary N) is 3. The van der Waals surface area contributed by atoms with Crippen LogP contribution < -0.4 is 21.7 Å². The molecule has 0 aromatic heterocycles. The number of benzene rings is 1. The quantitative estimate of drug-likeness (QED) is 0.270. The Balaban J connectivity index is 2.93. The summed E-state index contributed by atoms with van der Waals surface area (Å²) in [7, 11) is 0. The van der Waals surface area contributed by atoms with E-state index in [1.165, 1.54) is 13.8 Å². The normalized spacial score (nSPS) is 14.9. The summed E-state index contributed by atoms with van der Waals surface area (Å²) >= 11 is 0. The molecule has 0 saturated carbocycles. The number of rotatable bonds is 10. The molecule has 1 aromatic rings. The molecule has 10 heteroatoms. The summed E-state index contributed by atoms with van der Waals surface area (Å²) < 4.78 is 0. The highest BCUT2D eigenvalue weighted by Crippen LogP contribution is 2.05. The van der Waals surface area contributed by atoms with Crippen LogP contribution in [0.15, 0.2) is 30.3 Å². The summed E-state index contributed by atoms with van der Waals surface area (Å²) in [4.78, 5) is 47.5. The number of carboxylic acid groups (broad SMARTS) is 1. The SMILES string of the molecule is CC(NC(=O)C(NC(=O)C(Cc1ccccc1)NC(=O)CN)C(C)O)C(=O)O. The van der Waals surface area contributed by atoms with Crippen molar-refractivity contribution >= 4 is 23.7 Å². The van der Waals surface area contributed by atoms with Crippen LogP contribution in [-0.4, -0.2) is 64.7 Å². The van der Waals surface area contributed by atoms with Gasteiger partial charge in [-0.05, 0) is 19.4 Å². The summed E-state index contributed by atoms with van der Waals surface area (Å²) in [6.45, 7) is 2.20. The molecular formula is C18H26N4O6. The Morgan fingerprint density at radius 2 is 1.61 bits per heavy atom. The molecule has 28 heavy (non-hydrogen) atoms. The van der Waals surface area contributed by atoms with Crippen LogP contribution in [0.4, 0.5) is 0 Å². The maximum absolute atomic E-state index is 12.7. The van der Waals surface area contributed by atoms with Crippen molar-refractivity contribution in [2.75, 3.05) is 6.54 Å². The van der Waals surface area contributed by atoms with Gasteiger partial charge in [-0.2, -0.15) is 0 Å². The van der Waals surface area contributed by atoms with E-state index in [1.54, 1.807) is 30.3 Å². The lowest BCUT2D eigenvalue weighted by atomic mass is 10.0. The predicted molar refractivity (Wildman–Crippen MR) is 100.0 cm³/mol. The van der Waals surface area contributed by atoms with Crippen molar-refractivity contribution in [2.45, 2.75) is 44.5 Å². The zero-order chi connectivity index (χ0) is 21.3. The Morgan fingerprint density at radius 3 is 2.11 bits per heavy atom. The van der Waals surface area contributed by atoms with Crippen molar-refractivity contribution in [3.05, 3.63) is 35.9 Å². The van der Waals surface area contributed by atoms with Crippen LogP contribution in [0, 0.1) is 0 Å². The minimum Gasteiger partial charge on any atom is -0.480 e. The predicted octanol–water partition coefficient (Wildman–Crippen LogP) is -1.87. The standard InChI is InChI=1S/C18H26N4O6/c1-10(18(27)28)20-17(26)15(11(2)23)22-16(25)13(21-14(24)9-19)8-12-6-4-3-5-7-12/h3-7,10-11,13,15,23H,8-9,19H2,1-2H3,(H,20,26)(H,21,24)(H,22,25)(H,27,28). The van der Waals surface area contributed by atoms with E-state index < -0.39 is 47.9 Å². The zero-order valence-corrected chi connectivity index (χ0v) is 15.7. The molecule has 1 aromatic carbocycles. The van der Waals surface area contributed by atoms with Crippen molar-refractivity contribution in [3.8, 4) is 0 Å². The first-order valence-electron chi connectivity index (χ1n) is 8.70. The minimum atomic E-state index is -1.40. The van der Waals surface area contributed by atoms with E-state index in [9.17, 15) is 24.3 Å². The molecule has 0 bridgehead atoms. The third-order valence-corrected chi connectivity index (χ3v) is 3.91. The van der Waals surface area contributed by atoms with Crippen LogP contribution in [0.3, 0.4) is 0 Å². The largest absolute Gasteiger partial charge is 0.480 e. The van der Waals surface area contributed by atoms with Gasteiger partial charge in [0.25, 0.3) is 0 Å². The Morgan fingerprint density at radius 1 is 1.00 bits per heavy atom. The Hall–Kier alpha value is -2.98. The zero-order valence-electron chi connectivity index (χ0n) is 15.7. The molecule has 154 valence electrons. The molecule has 0 saturated heterocycles. The molecule has 0 aliphatic rings. The van der Waals surface area contributed by atoms with Crippen LogP contribution in [0.1, 0.15) is 19.4 Å². The molecular weight excluding hydrogens is 368 g/mol. The summed E-state index contributed by atoms with van der Waals surface area (Å²) in [5.41, 5.74) is 6.05. The number of carboxylic acids is 1. The molecule has 4 atom stereocenters. The van der Waals surface area contributed by atoms with Gasteiger partial charge in [0.1, 0.15) is 18.1 Å². The van der Waals surface area contributed by atoms with Crippen molar-refractivity contribution in [1.29, 1.82) is 0 Å². The van der Waals surface area contributed by atoms with Crippen LogP contribution in [0.2, 0.25) is 0 Å². The summed E-state index contributed by atoms with van der Waals surface area (Å²) in [6.07, 6.45) is -1.16. The summed E-state index contributed by atoms with van der Waals surface area (Å²) in [5.74, 6) is -3.40. The number of aliphatic hydroxyl groups excluding tert-OH is 1. The molecule has 0 fully saturated rings. The summed E-state index contributed by atoms with van der Waals surface area (Å²) in [5, 5.41) is 25.8. The van der Waals surface area contributed by atoms with Crippen LogP contribution >= 0.6 is 0 Å². The highest BCUT2D eigenvalue weighted by atomic mass is 16.4. The van der Waals surface area contributed by atoms with Crippen molar-refractivity contribution in [2.24, 2.45) is 5.73 Å². The first-order valence-corrected chi connectivity index (χ1v) is 8.70. The number of amides is 3. The van der Waals surface area contributed by atoms with Gasteiger partial charge in [0.2, 0.25) is 17.7 Å². The molecule has 1 rings (SSSR count). The Kier molecular flexibility index (Phi) is 9.06. The number of hydrogen-bond donors (Lipinski definition) is 6. The number of carbonyl (C=O) groups excluding carboxylic acids is 3. The van der Waals surface area contributed by atoms with Gasteiger partial charge >= 0.3 is 5.97 Å². The average Bonchev–Trinajstić information content (AvgIpc) is 2.65. The molecule has 0 aliphatic carbocycles. The first kappa shape index (κ1) is 23.1. The molecule has 0 spiro atoms. The molecule has 4 unspecified atom stereocenters. The van der Waals surface area contributed by atoms with Gasteiger partial charge in [0.15, 0.2) is 0 Å². The summed E-state index contributed by atoms with van der Waals surface area (Å²) in [6, 6.07) is 5.23. The maximum atomic E-state index is 12.7. The molecule has 0 radical (unpaired) electrons. The van der Waals surface area contributed by atoms with E-state index in [2.05, 4.69) is 16.0 Å². The van der Waals surface area contributed by atoms with Crippen LogP contribution in [-0.2, 0) is 25.6 Å². The van der Waals surface area contributed by atoms with E-state index >= 15 is 0 Å². The lowest BCUT2D eigenvalue weighted by molar-refractivity contribution is -0.142. The second-order valence-corrected chi connectivity index (χ2v) is 6.31. The van der Waals surface area contributed by atoms with Gasteiger partial charge in [-0.3, -0.25) is 19.2 Å². The van der Waals surface area contributed by atoms with Gasteiger partial charge in [-0.25, -0.2) is 0 Å². The minimum absolute atomic E-state index is 0.137. The lowest BCUT2D eigenvalue weighted by Crippen LogP contribution is -2.59. The molecule has 0 heterocycles. The van der Waals surface area contributed by atoms with Gasteiger partial charge in [-0.1, -0.05) is 30.3 Å². The highest BCUT2D eigenvalue weighted by molar-refractivity contribution is 5.94. The fourth-order valence-electron chi connectivity index (χ4n) is 2.34. The van der Waals surface area contributed by atoms with Crippen molar-refractivity contribution in [3.63, 3.8) is 0 Å². The average molecular weight is 394 g/mol. The lowest BCUT2D eigenvalue weighted by Gasteiger charge is -2.25. The number of aliphatic hydroxyl groups is 1. The maximum Gasteiger partial charge on any atom is 0.325 e. The van der Waals surface area contributed by atoms with Crippen molar-refractivity contribution in [1.82, 2.24) is 16.0 Å². The van der Waals surface area contributed by atoms with E-state index in [0.717, 1.165) is 5.56 Å². The molecule has 0 aliphatic heterocycles. The van der Waals surface area contributed by atoms with E-state index in [0.29, 0.717) is 0 Å². The Bertz CT molecular complexity index is 695. The van der Waals surface area contributed by atoms with Crippen molar-refractivity contribution < 1.29 is 29.4 Å². The third-order valence-electron chi connectivity index (χ3n) is 3.91. The number of carbonyl (C=O) groups is 4. The van der Waals surface area contributed by atoms with E-state index in [4.69, 9.17) is 10.8 Å². The number of aliphatic carboxylic acids is 1. The monoisotopic (exact) mass is 394 g/mol. The number of hydrogen-bond acceptors (Lipinski definition) is 6. The van der Waals surface area contributed by atoms with Gasteiger partial charge in [0.05, 0.1) is 12.6 Å². The number of nitrogens with two attached hydrogens (primary N) is 1. The molecule has 7 N–H and O–H groups in total. The fraction of sp³-hybridized carbons (Fsp3) is 0.444. The molecule has 10 nitrogen and oxygen atoms in total. The molecule has 3 amide bonds. The van der Waals surface area contributed by atoms with Crippen LogP contribution in [0.25, 0.3) is 0 Å². The second-order valence-electron chi connectivity index (χ2n) is 6.31. The second kappa shape index (κ2) is 11.0. The highest BCUT2D eigenvalue weighted by Gasteiger charge is 2.31. The third kappa shape index (κ3) is 7.33. The van der Waals surface area contributed by atoms with E-state index in [1.807, 2.05) is 0 Å². The smallest absolute Gasteiger partial charge is 0.325 e. The Labute approximate surface area is 162 Å². The topological polar surface area (TPSA) is 171 Å². The van der Waals surface area contributed by atoms with Gasteiger partial charge in [-0.15, -0.1) is 0 Å². The van der Waals surface area contributed by atoms with Gasteiger partial charge < -0.3 is 31.9 Å². The van der Waals surface area contributed by atoms with E-state index in [-0.39, 0.29) is 13.0 Å². The van der Waals surface area contributed by atoms with Gasteiger partial charge in [0, 0.05) is 6.42 Å².